The van der Waals surface area contributed by atoms with Gasteiger partial charge in [-0.1, -0.05) is 6.92 Å². The third-order valence-electron chi connectivity index (χ3n) is 2.16. The summed E-state index contributed by atoms with van der Waals surface area (Å²) >= 11 is 0. The molecule has 0 aromatic carbocycles. The molecule has 98 valence electrons. The number of nitro groups is 1. The fraction of sp³-hybridized carbons (Fsp3) is 0.444. The maximum absolute atomic E-state index is 11.5. The standard InChI is InChI=1S/C9H12N4O5/c1-2-6(9(15)16)10-8(14)5-12-4-3-7(11-12)13(17)18/h3-4,6H,2,5H2,1H3,(H,10,14)(H,15,16). The first-order valence-corrected chi connectivity index (χ1v) is 5.14. The number of aliphatic carboxylic acids is 1. The molecule has 1 aromatic rings. The van der Waals surface area contributed by atoms with E-state index in [2.05, 4.69) is 10.4 Å². The largest absolute Gasteiger partial charge is 0.480 e. The Labute approximate surface area is 102 Å². The highest BCUT2D eigenvalue weighted by Crippen LogP contribution is 2.04. The normalized spacial score (nSPS) is 11.8. The summed E-state index contributed by atoms with van der Waals surface area (Å²) in [5, 5.41) is 24.9. The predicted molar refractivity (Wildman–Crippen MR) is 58.7 cm³/mol. The zero-order chi connectivity index (χ0) is 13.7. The van der Waals surface area contributed by atoms with Gasteiger partial charge in [0.1, 0.15) is 12.6 Å². The second-order valence-corrected chi connectivity index (χ2v) is 3.50. The van der Waals surface area contributed by atoms with E-state index in [0.717, 1.165) is 10.7 Å². The molecule has 0 spiro atoms. The van der Waals surface area contributed by atoms with Gasteiger partial charge in [-0.3, -0.25) is 4.79 Å². The number of carboxylic acid groups (broad SMARTS) is 1. The van der Waals surface area contributed by atoms with Crippen LogP contribution in [0.4, 0.5) is 5.82 Å². The van der Waals surface area contributed by atoms with Crippen molar-refractivity contribution in [3.8, 4) is 0 Å². The van der Waals surface area contributed by atoms with E-state index in [9.17, 15) is 19.7 Å². The van der Waals surface area contributed by atoms with Crippen LogP contribution in [0.15, 0.2) is 12.3 Å². The number of carboxylic acids is 1. The van der Waals surface area contributed by atoms with Crippen LogP contribution in [0.3, 0.4) is 0 Å². The molecule has 0 saturated carbocycles. The van der Waals surface area contributed by atoms with Crippen LogP contribution in [-0.4, -0.2) is 37.7 Å². The maximum Gasteiger partial charge on any atom is 0.389 e. The first-order valence-electron chi connectivity index (χ1n) is 5.14. The minimum atomic E-state index is -1.13. The van der Waals surface area contributed by atoms with Crippen LogP contribution in [0.25, 0.3) is 0 Å². The molecule has 18 heavy (non-hydrogen) atoms. The molecule has 0 bridgehead atoms. The Kier molecular flexibility index (Phi) is 4.35. The van der Waals surface area contributed by atoms with E-state index in [1.54, 1.807) is 6.92 Å². The van der Waals surface area contributed by atoms with E-state index < -0.39 is 22.8 Å². The van der Waals surface area contributed by atoms with Crippen molar-refractivity contribution in [2.75, 3.05) is 0 Å². The summed E-state index contributed by atoms with van der Waals surface area (Å²) in [4.78, 5) is 31.8. The third kappa shape index (κ3) is 3.54. The summed E-state index contributed by atoms with van der Waals surface area (Å²) in [5.74, 6) is -2.06. The second kappa shape index (κ2) is 5.75. The molecule has 9 heteroatoms. The molecule has 0 aliphatic carbocycles. The van der Waals surface area contributed by atoms with Gasteiger partial charge in [-0.2, -0.15) is 4.68 Å². The zero-order valence-electron chi connectivity index (χ0n) is 9.57. The molecule has 1 rings (SSSR count). The first-order chi connectivity index (χ1) is 8.43. The number of carbonyl (C=O) groups excluding carboxylic acids is 1. The lowest BCUT2D eigenvalue weighted by molar-refractivity contribution is -0.389. The number of aromatic nitrogens is 2. The summed E-state index contributed by atoms with van der Waals surface area (Å²) in [6.07, 6.45) is 1.53. The van der Waals surface area contributed by atoms with Gasteiger partial charge in [0.15, 0.2) is 0 Å². The van der Waals surface area contributed by atoms with E-state index >= 15 is 0 Å². The summed E-state index contributed by atoms with van der Waals surface area (Å²) in [6.45, 7) is 1.36. The monoisotopic (exact) mass is 256 g/mol. The van der Waals surface area contributed by atoms with E-state index in [0.29, 0.717) is 0 Å². The first kappa shape index (κ1) is 13.6. The molecule has 1 unspecified atom stereocenters. The van der Waals surface area contributed by atoms with Gasteiger partial charge in [0, 0.05) is 0 Å². The van der Waals surface area contributed by atoms with Crippen molar-refractivity contribution < 1.29 is 19.6 Å². The van der Waals surface area contributed by atoms with Crippen LogP contribution < -0.4 is 5.32 Å². The lowest BCUT2D eigenvalue weighted by atomic mass is 10.2. The third-order valence-corrected chi connectivity index (χ3v) is 2.16. The van der Waals surface area contributed by atoms with Gasteiger partial charge in [0.05, 0.1) is 17.4 Å². The second-order valence-electron chi connectivity index (χ2n) is 3.50. The summed E-state index contributed by atoms with van der Waals surface area (Å²) in [5.41, 5.74) is 0. The maximum atomic E-state index is 11.5. The number of rotatable bonds is 6. The Bertz CT molecular complexity index is 469. The van der Waals surface area contributed by atoms with Crippen molar-refractivity contribution in [1.29, 1.82) is 0 Å². The van der Waals surface area contributed by atoms with Gasteiger partial charge >= 0.3 is 11.8 Å². The number of hydrogen-bond acceptors (Lipinski definition) is 5. The molecular weight excluding hydrogens is 244 g/mol. The highest BCUT2D eigenvalue weighted by molar-refractivity contribution is 5.83. The smallest absolute Gasteiger partial charge is 0.389 e. The van der Waals surface area contributed by atoms with Crippen molar-refractivity contribution in [2.24, 2.45) is 0 Å². The minimum Gasteiger partial charge on any atom is -0.480 e. The van der Waals surface area contributed by atoms with Crippen LogP contribution in [-0.2, 0) is 16.1 Å². The van der Waals surface area contributed by atoms with E-state index in [1.807, 2.05) is 0 Å². The zero-order valence-corrected chi connectivity index (χ0v) is 9.57. The highest BCUT2D eigenvalue weighted by Gasteiger charge is 2.19. The lowest BCUT2D eigenvalue weighted by Crippen LogP contribution is -2.41. The average Bonchev–Trinajstić information content (AvgIpc) is 2.74. The molecule has 2 N–H and O–H groups in total. The van der Waals surface area contributed by atoms with Gasteiger partial charge in [0.25, 0.3) is 0 Å². The number of hydrogen-bond donors (Lipinski definition) is 2. The number of nitrogens with zero attached hydrogens (tertiary/aromatic N) is 3. The van der Waals surface area contributed by atoms with Crippen molar-refractivity contribution >= 4 is 17.7 Å². The average molecular weight is 256 g/mol. The summed E-state index contributed by atoms with van der Waals surface area (Å²) in [7, 11) is 0. The van der Waals surface area contributed by atoms with Crippen LogP contribution >= 0.6 is 0 Å². The predicted octanol–water partition coefficient (Wildman–Crippen LogP) is -0.229. The van der Waals surface area contributed by atoms with Gasteiger partial charge in [-0.25, -0.2) is 4.79 Å². The minimum absolute atomic E-state index is 0.250. The topological polar surface area (TPSA) is 127 Å². The lowest BCUT2D eigenvalue weighted by Gasteiger charge is -2.11. The van der Waals surface area contributed by atoms with E-state index in [1.165, 1.54) is 6.20 Å². The quantitative estimate of drug-likeness (QED) is 0.534. The molecule has 1 aromatic heterocycles. The van der Waals surface area contributed by atoms with Crippen LogP contribution in [0, 0.1) is 10.1 Å². The molecule has 1 amide bonds. The van der Waals surface area contributed by atoms with Gasteiger partial charge in [0.2, 0.25) is 5.91 Å². The fourth-order valence-electron chi connectivity index (χ4n) is 1.26. The van der Waals surface area contributed by atoms with Gasteiger partial charge in [-0.05, 0) is 11.3 Å². The molecule has 0 aliphatic heterocycles. The van der Waals surface area contributed by atoms with Crippen molar-refractivity contribution in [1.82, 2.24) is 15.1 Å². The number of carbonyl (C=O) groups is 2. The molecule has 0 saturated heterocycles. The van der Waals surface area contributed by atoms with Crippen molar-refractivity contribution in [2.45, 2.75) is 25.9 Å². The Hall–Kier alpha value is -2.45. The Morgan fingerprint density at radius 1 is 1.67 bits per heavy atom. The van der Waals surface area contributed by atoms with Crippen molar-refractivity contribution in [3.63, 3.8) is 0 Å². The molecule has 0 aliphatic rings. The van der Waals surface area contributed by atoms with Crippen LogP contribution in [0.1, 0.15) is 13.3 Å². The summed E-state index contributed by atoms with van der Waals surface area (Å²) in [6, 6.07) is 0.185. The Morgan fingerprint density at radius 2 is 2.33 bits per heavy atom. The Morgan fingerprint density at radius 3 is 2.78 bits per heavy atom. The molecule has 9 nitrogen and oxygen atoms in total. The molecule has 1 heterocycles. The number of nitrogens with one attached hydrogen (secondary N) is 1. The molecular formula is C9H12N4O5. The van der Waals surface area contributed by atoms with Crippen molar-refractivity contribution in [3.05, 3.63) is 22.4 Å². The highest BCUT2D eigenvalue weighted by atomic mass is 16.6. The summed E-state index contributed by atoms with van der Waals surface area (Å²) < 4.78 is 1.07. The van der Waals surface area contributed by atoms with Crippen LogP contribution in [0.5, 0.6) is 0 Å². The SMILES string of the molecule is CCC(NC(=O)Cn1ccc([N+](=O)[O-])n1)C(=O)O. The Balaban J connectivity index is 2.58. The van der Waals surface area contributed by atoms with E-state index in [-0.39, 0.29) is 18.8 Å². The van der Waals surface area contributed by atoms with Gasteiger partial charge in [-0.15, -0.1) is 0 Å². The molecule has 1 atom stereocenters. The fourth-order valence-corrected chi connectivity index (χ4v) is 1.26. The molecule has 0 fully saturated rings. The molecule has 0 radical (unpaired) electrons. The number of amides is 1. The van der Waals surface area contributed by atoms with Crippen LogP contribution in [0.2, 0.25) is 0 Å². The van der Waals surface area contributed by atoms with E-state index in [4.69, 9.17) is 5.11 Å². The van der Waals surface area contributed by atoms with Gasteiger partial charge < -0.3 is 20.5 Å².